The normalized spacial score (nSPS) is 11.0. The zero-order chi connectivity index (χ0) is 22.7. The summed E-state index contributed by atoms with van der Waals surface area (Å²) in [5.41, 5.74) is 3.11. The topological polar surface area (TPSA) is 70.4 Å². The van der Waals surface area contributed by atoms with Crippen molar-refractivity contribution in [2.24, 2.45) is 0 Å². The lowest BCUT2D eigenvalue weighted by molar-refractivity contribution is 0.101. The van der Waals surface area contributed by atoms with Crippen LogP contribution >= 0.6 is 23.1 Å². The maximum absolute atomic E-state index is 13.2. The van der Waals surface area contributed by atoms with E-state index in [0.29, 0.717) is 39.0 Å². The van der Waals surface area contributed by atoms with E-state index in [1.54, 1.807) is 30.9 Å². The van der Waals surface area contributed by atoms with Gasteiger partial charge >= 0.3 is 0 Å². The molecule has 0 aliphatic carbocycles. The van der Waals surface area contributed by atoms with Crippen LogP contribution in [0.2, 0.25) is 0 Å². The van der Waals surface area contributed by atoms with E-state index in [9.17, 15) is 9.59 Å². The second-order valence-electron chi connectivity index (χ2n) is 7.14. The summed E-state index contributed by atoms with van der Waals surface area (Å²) in [7, 11) is 3.23. The Morgan fingerprint density at radius 2 is 1.88 bits per heavy atom. The lowest BCUT2D eigenvalue weighted by Gasteiger charge is -2.14. The molecular weight excluding hydrogens is 444 g/mol. The third kappa shape index (κ3) is 4.56. The van der Waals surface area contributed by atoms with Crippen molar-refractivity contribution in [1.82, 2.24) is 9.55 Å². The van der Waals surface area contributed by atoms with Gasteiger partial charge in [0.1, 0.15) is 16.2 Å². The number of ether oxygens (including phenoxy) is 2. The molecular formula is C24H22N2O4S2. The number of hydrogen-bond acceptors (Lipinski definition) is 7. The number of rotatable bonds is 8. The van der Waals surface area contributed by atoms with Crippen LogP contribution in [-0.2, 0) is 12.3 Å². The maximum atomic E-state index is 13.2. The Hall–Kier alpha value is -3.10. The lowest BCUT2D eigenvalue weighted by Crippen LogP contribution is -2.23. The van der Waals surface area contributed by atoms with E-state index < -0.39 is 0 Å². The summed E-state index contributed by atoms with van der Waals surface area (Å²) in [6.45, 7) is 1.94. The predicted octanol–water partition coefficient (Wildman–Crippen LogP) is 5.02. The van der Waals surface area contributed by atoms with Gasteiger partial charge in [0.2, 0.25) is 0 Å². The molecule has 0 amide bonds. The van der Waals surface area contributed by atoms with Crippen molar-refractivity contribution in [3.8, 4) is 11.5 Å². The molecule has 0 fully saturated rings. The van der Waals surface area contributed by atoms with Gasteiger partial charge in [0.15, 0.2) is 10.9 Å². The fourth-order valence-electron chi connectivity index (χ4n) is 3.34. The Kier molecular flexibility index (Phi) is 6.62. The van der Waals surface area contributed by atoms with Crippen molar-refractivity contribution < 1.29 is 14.3 Å². The van der Waals surface area contributed by atoms with Crippen LogP contribution in [0, 0.1) is 0 Å². The molecule has 8 heteroatoms. The Balaban J connectivity index is 1.70. The smallest absolute Gasteiger partial charge is 0.272 e. The highest BCUT2D eigenvalue weighted by atomic mass is 32.2. The molecule has 0 N–H and O–H groups in total. The number of methoxy groups -OCH3 is 2. The number of carbonyl (C=O) groups is 1. The van der Waals surface area contributed by atoms with Gasteiger partial charge in [-0.25, -0.2) is 4.98 Å². The molecule has 0 aliphatic rings. The van der Waals surface area contributed by atoms with E-state index in [1.165, 1.54) is 30.0 Å². The molecule has 0 bridgehead atoms. The van der Waals surface area contributed by atoms with Gasteiger partial charge < -0.3 is 9.47 Å². The minimum atomic E-state index is -0.0623. The second-order valence-corrected chi connectivity index (χ2v) is 9.00. The fraction of sp³-hybridized carbons (Fsp3) is 0.208. The first kappa shape index (κ1) is 22.1. The highest BCUT2D eigenvalue weighted by Crippen LogP contribution is 2.29. The largest absolute Gasteiger partial charge is 0.497 e. The van der Waals surface area contributed by atoms with Crippen molar-refractivity contribution in [2.45, 2.75) is 24.4 Å². The molecule has 4 aromatic rings. The number of aromatic nitrogens is 2. The molecule has 164 valence electrons. The highest BCUT2D eigenvalue weighted by Gasteiger charge is 2.15. The minimum absolute atomic E-state index is 0.00636. The molecule has 0 spiro atoms. The van der Waals surface area contributed by atoms with Crippen LogP contribution in [0.4, 0.5) is 0 Å². The van der Waals surface area contributed by atoms with Gasteiger partial charge in [0, 0.05) is 16.9 Å². The van der Waals surface area contributed by atoms with Gasteiger partial charge in [0.25, 0.3) is 5.56 Å². The molecule has 0 aliphatic heterocycles. The first-order chi connectivity index (χ1) is 15.5. The molecule has 2 aromatic carbocycles. The van der Waals surface area contributed by atoms with E-state index in [2.05, 4.69) is 0 Å². The fourth-order valence-corrected chi connectivity index (χ4v) is 5.09. The molecule has 0 saturated heterocycles. The van der Waals surface area contributed by atoms with E-state index in [0.717, 1.165) is 16.9 Å². The standard InChI is InChI=1S/C24H22N2O4S2/c1-15(27)17-6-9-21(30-3)18(12-17)14-32-24-25-20-10-11-31-22(20)23(28)26(24)13-16-4-7-19(29-2)8-5-16/h4-12H,13-14H2,1-3H3. The Morgan fingerprint density at radius 1 is 1.09 bits per heavy atom. The summed E-state index contributed by atoms with van der Waals surface area (Å²) in [6.07, 6.45) is 0. The molecule has 0 radical (unpaired) electrons. The number of thiophene rings is 1. The summed E-state index contributed by atoms with van der Waals surface area (Å²) in [6, 6.07) is 14.9. The van der Waals surface area contributed by atoms with E-state index >= 15 is 0 Å². The van der Waals surface area contributed by atoms with Crippen LogP contribution < -0.4 is 15.0 Å². The molecule has 2 heterocycles. The zero-order valence-electron chi connectivity index (χ0n) is 18.0. The van der Waals surface area contributed by atoms with Crippen LogP contribution in [0.1, 0.15) is 28.4 Å². The molecule has 0 saturated carbocycles. The van der Waals surface area contributed by atoms with Crippen LogP contribution in [0.15, 0.2) is 63.9 Å². The summed E-state index contributed by atoms with van der Waals surface area (Å²) in [5, 5.41) is 2.50. The number of thioether (sulfide) groups is 1. The van der Waals surface area contributed by atoms with Crippen molar-refractivity contribution in [2.75, 3.05) is 14.2 Å². The number of ketones is 1. The zero-order valence-corrected chi connectivity index (χ0v) is 19.6. The lowest BCUT2D eigenvalue weighted by atomic mass is 10.1. The number of fused-ring (bicyclic) bond motifs is 1. The average Bonchev–Trinajstić information content (AvgIpc) is 3.29. The SMILES string of the molecule is COc1ccc(Cn2c(SCc3cc(C(C)=O)ccc3OC)nc3ccsc3c2=O)cc1. The van der Waals surface area contributed by atoms with Gasteiger partial charge in [-0.1, -0.05) is 23.9 Å². The molecule has 4 rings (SSSR count). The number of benzene rings is 2. The second kappa shape index (κ2) is 9.58. The van der Waals surface area contributed by atoms with Crippen molar-refractivity contribution in [1.29, 1.82) is 0 Å². The van der Waals surface area contributed by atoms with Gasteiger partial charge in [-0.15, -0.1) is 11.3 Å². The first-order valence-corrected chi connectivity index (χ1v) is 11.8. The summed E-state index contributed by atoms with van der Waals surface area (Å²) in [4.78, 5) is 29.8. The highest BCUT2D eigenvalue weighted by molar-refractivity contribution is 7.98. The number of nitrogens with zero attached hydrogens (tertiary/aromatic N) is 2. The van der Waals surface area contributed by atoms with E-state index in [4.69, 9.17) is 14.5 Å². The number of hydrogen-bond donors (Lipinski definition) is 0. The van der Waals surface area contributed by atoms with Gasteiger partial charge in [-0.05, 0) is 54.3 Å². The third-order valence-electron chi connectivity index (χ3n) is 5.07. The quantitative estimate of drug-likeness (QED) is 0.206. The average molecular weight is 467 g/mol. The number of carbonyl (C=O) groups excluding carboxylic acids is 1. The maximum Gasteiger partial charge on any atom is 0.272 e. The van der Waals surface area contributed by atoms with Crippen LogP contribution in [-0.4, -0.2) is 29.6 Å². The van der Waals surface area contributed by atoms with Crippen molar-refractivity contribution in [3.05, 3.63) is 81.0 Å². The Labute approximate surface area is 193 Å². The summed E-state index contributed by atoms with van der Waals surface area (Å²) in [5.74, 6) is 1.96. The van der Waals surface area contributed by atoms with Crippen LogP contribution in [0.25, 0.3) is 10.2 Å². The number of Topliss-reactive ketones (excluding diaryl/α,β-unsaturated/α-hetero) is 1. The Morgan fingerprint density at radius 3 is 2.56 bits per heavy atom. The minimum Gasteiger partial charge on any atom is -0.497 e. The van der Waals surface area contributed by atoms with Crippen LogP contribution in [0.5, 0.6) is 11.5 Å². The summed E-state index contributed by atoms with van der Waals surface area (Å²) < 4.78 is 13.0. The van der Waals surface area contributed by atoms with Crippen molar-refractivity contribution in [3.63, 3.8) is 0 Å². The molecule has 0 unspecified atom stereocenters. The molecule has 0 atom stereocenters. The van der Waals surface area contributed by atoms with Crippen molar-refractivity contribution >= 4 is 39.1 Å². The van der Waals surface area contributed by atoms with Crippen LogP contribution in [0.3, 0.4) is 0 Å². The van der Waals surface area contributed by atoms with E-state index in [1.807, 2.05) is 41.8 Å². The molecule has 6 nitrogen and oxygen atoms in total. The first-order valence-electron chi connectivity index (χ1n) is 9.91. The van der Waals surface area contributed by atoms with Gasteiger partial charge in [-0.2, -0.15) is 0 Å². The van der Waals surface area contributed by atoms with E-state index in [-0.39, 0.29) is 11.3 Å². The van der Waals surface area contributed by atoms with Gasteiger partial charge in [0.05, 0.1) is 26.3 Å². The summed E-state index contributed by atoms with van der Waals surface area (Å²) >= 11 is 2.85. The molecule has 32 heavy (non-hydrogen) atoms. The molecule has 2 aromatic heterocycles. The Bertz CT molecular complexity index is 1330. The van der Waals surface area contributed by atoms with Gasteiger partial charge in [-0.3, -0.25) is 14.2 Å². The predicted molar refractivity (Wildman–Crippen MR) is 129 cm³/mol. The monoisotopic (exact) mass is 466 g/mol. The third-order valence-corrected chi connectivity index (χ3v) is 6.99.